The van der Waals surface area contributed by atoms with Crippen molar-refractivity contribution in [2.24, 2.45) is 0 Å². The van der Waals surface area contributed by atoms with Gasteiger partial charge < -0.3 is 15.0 Å². The molecule has 1 amide bonds. The summed E-state index contributed by atoms with van der Waals surface area (Å²) in [7, 11) is -3.71. The SMILES string of the molecule is CCN(CC)S(=O)(=O)c1ccc(Oc2ccccc2)c(NC(=O)Cc2c[nH]c3ccccc23)c1. The highest BCUT2D eigenvalue weighted by Gasteiger charge is 2.23. The van der Waals surface area contributed by atoms with Crippen molar-refractivity contribution in [3.05, 3.63) is 84.6 Å². The van der Waals surface area contributed by atoms with Crippen LogP contribution in [0.2, 0.25) is 0 Å². The molecule has 7 nitrogen and oxygen atoms in total. The molecule has 0 radical (unpaired) electrons. The molecule has 176 valence electrons. The van der Waals surface area contributed by atoms with Crippen molar-refractivity contribution in [3.8, 4) is 11.5 Å². The fourth-order valence-corrected chi connectivity index (χ4v) is 5.31. The minimum atomic E-state index is -3.71. The number of rotatable bonds is 9. The molecular formula is C26H27N3O4S. The van der Waals surface area contributed by atoms with Gasteiger partial charge in [0, 0.05) is 30.2 Å². The summed E-state index contributed by atoms with van der Waals surface area (Å²) >= 11 is 0. The number of nitrogens with zero attached hydrogens (tertiary/aromatic N) is 1. The van der Waals surface area contributed by atoms with Crippen molar-refractivity contribution in [1.29, 1.82) is 0 Å². The fraction of sp³-hybridized carbons (Fsp3) is 0.192. The van der Waals surface area contributed by atoms with Crippen molar-refractivity contribution in [2.75, 3.05) is 18.4 Å². The maximum absolute atomic E-state index is 13.1. The molecule has 0 aliphatic heterocycles. The molecule has 0 fully saturated rings. The Balaban J connectivity index is 1.66. The third-order valence-corrected chi connectivity index (χ3v) is 7.61. The topological polar surface area (TPSA) is 91.5 Å². The molecule has 1 heterocycles. The van der Waals surface area contributed by atoms with Gasteiger partial charge in [0.1, 0.15) is 5.75 Å². The van der Waals surface area contributed by atoms with Crippen LogP contribution in [0.15, 0.2) is 83.9 Å². The maximum Gasteiger partial charge on any atom is 0.243 e. The van der Waals surface area contributed by atoms with Crippen LogP contribution in [0.4, 0.5) is 5.69 Å². The number of amides is 1. The second-order valence-corrected chi connectivity index (χ2v) is 9.68. The number of hydrogen-bond acceptors (Lipinski definition) is 4. The normalized spacial score (nSPS) is 11.6. The van der Waals surface area contributed by atoms with E-state index in [-0.39, 0.29) is 17.2 Å². The Morgan fingerprint density at radius 1 is 0.971 bits per heavy atom. The van der Waals surface area contributed by atoms with Gasteiger partial charge in [-0.25, -0.2) is 8.42 Å². The number of aromatic nitrogens is 1. The van der Waals surface area contributed by atoms with Gasteiger partial charge in [-0.15, -0.1) is 0 Å². The van der Waals surface area contributed by atoms with E-state index in [0.717, 1.165) is 16.5 Å². The first-order valence-corrected chi connectivity index (χ1v) is 12.6. The fourth-order valence-electron chi connectivity index (χ4n) is 3.83. The molecule has 34 heavy (non-hydrogen) atoms. The molecule has 1 aromatic heterocycles. The van der Waals surface area contributed by atoms with Gasteiger partial charge in [-0.2, -0.15) is 4.31 Å². The first-order chi connectivity index (χ1) is 16.4. The van der Waals surface area contributed by atoms with Crippen LogP contribution >= 0.6 is 0 Å². The number of nitrogens with one attached hydrogen (secondary N) is 2. The summed E-state index contributed by atoms with van der Waals surface area (Å²) in [5.41, 5.74) is 2.10. The average Bonchev–Trinajstić information content (AvgIpc) is 3.24. The Morgan fingerprint density at radius 3 is 2.41 bits per heavy atom. The van der Waals surface area contributed by atoms with Gasteiger partial charge in [-0.3, -0.25) is 4.79 Å². The summed E-state index contributed by atoms with van der Waals surface area (Å²) in [6.45, 7) is 4.28. The van der Waals surface area contributed by atoms with E-state index in [1.54, 1.807) is 32.0 Å². The molecule has 8 heteroatoms. The van der Waals surface area contributed by atoms with Crippen LogP contribution in [-0.4, -0.2) is 36.7 Å². The number of H-pyrrole nitrogens is 1. The van der Waals surface area contributed by atoms with Gasteiger partial charge in [-0.05, 0) is 42.0 Å². The largest absolute Gasteiger partial charge is 0.455 e. The zero-order valence-corrected chi connectivity index (χ0v) is 19.9. The molecule has 0 bridgehead atoms. The number of fused-ring (bicyclic) bond motifs is 1. The third kappa shape index (κ3) is 4.98. The molecule has 0 atom stereocenters. The van der Waals surface area contributed by atoms with Crippen molar-refractivity contribution in [2.45, 2.75) is 25.2 Å². The highest BCUT2D eigenvalue weighted by molar-refractivity contribution is 7.89. The number of aromatic amines is 1. The zero-order valence-electron chi connectivity index (χ0n) is 19.1. The standard InChI is InChI=1S/C26H27N3O4S/c1-3-29(4-2)34(31,32)21-14-15-25(33-20-10-6-5-7-11-20)24(17-21)28-26(30)16-19-18-27-23-13-9-8-12-22(19)23/h5-15,17-18,27H,3-4,16H2,1-2H3,(H,28,30). The quantitative estimate of drug-likeness (QED) is 0.348. The Bertz CT molecular complexity index is 1390. The number of carbonyl (C=O) groups is 1. The van der Waals surface area contributed by atoms with Crippen molar-refractivity contribution < 1.29 is 17.9 Å². The lowest BCUT2D eigenvalue weighted by Crippen LogP contribution is -2.30. The van der Waals surface area contributed by atoms with Gasteiger partial charge >= 0.3 is 0 Å². The van der Waals surface area contributed by atoms with Crippen molar-refractivity contribution >= 4 is 32.5 Å². The second-order valence-electron chi connectivity index (χ2n) is 7.75. The van der Waals surface area contributed by atoms with Crippen LogP contribution in [-0.2, 0) is 21.2 Å². The van der Waals surface area contributed by atoms with Crippen LogP contribution in [0.1, 0.15) is 19.4 Å². The lowest BCUT2D eigenvalue weighted by atomic mass is 10.1. The Kier molecular flexibility index (Phi) is 7.00. The van der Waals surface area contributed by atoms with E-state index >= 15 is 0 Å². The Hall–Kier alpha value is -3.62. The number of anilines is 1. The lowest BCUT2D eigenvalue weighted by molar-refractivity contribution is -0.115. The molecule has 4 rings (SSSR count). The predicted octanol–water partition coefficient (Wildman–Crippen LogP) is 5.17. The minimum absolute atomic E-state index is 0.0963. The summed E-state index contributed by atoms with van der Waals surface area (Å²) < 4.78 is 33.5. The number of hydrogen-bond donors (Lipinski definition) is 2. The summed E-state index contributed by atoms with van der Waals surface area (Å²) in [5, 5.41) is 3.83. The lowest BCUT2D eigenvalue weighted by Gasteiger charge is -2.20. The second kappa shape index (κ2) is 10.1. The number of para-hydroxylation sites is 2. The van der Waals surface area contributed by atoms with E-state index in [4.69, 9.17) is 4.74 Å². The smallest absolute Gasteiger partial charge is 0.243 e. The summed E-state index contributed by atoms with van der Waals surface area (Å²) in [6.07, 6.45) is 1.94. The molecule has 0 aliphatic rings. The Morgan fingerprint density at radius 2 is 1.68 bits per heavy atom. The highest BCUT2D eigenvalue weighted by atomic mass is 32.2. The number of benzene rings is 3. The Labute approximate surface area is 199 Å². The first-order valence-electron chi connectivity index (χ1n) is 11.1. The number of sulfonamides is 1. The number of carbonyl (C=O) groups excluding carboxylic acids is 1. The van der Waals surface area contributed by atoms with Gasteiger partial charge in [0.05, 0.1) is 17.0 Å². The first kappa shape index (κ1) is 23.5. The minimum Gasteiger partial charge on any atom is -0.455 e. The maximum atomic E-state index is 13.1. The van der Waals surface area contributed by atoms with Gasteiger partial charge in [-0.1, -0.05) is 50.2 Å². The molecule has 0 unspecified atom stereocenters. The molecule has 2 N–H and O–H groups in total. The molecule has 4 aromatic rings. The van der Waals surface area contributed by atoms with Crippen LogP contribution in [0.25, 0.3) is 10.9 Å². The van der Waals surface area contributed by atoms with E-state index < -0.39 is 10.0 Å². The van der Waals surface area contributed by atoms with E-state index in [1.165, 1.54) is 16.4 Å². The monoisotopic (exact) mass is 477 g/mol. The van der Waals surface area contributed by atoms with Crippen molar-refractivity contribution in [3.63, 3.8) is 0 Å². The summed E-state index contributed by atoms with van der Waals surface area (Å²) in [6, 6.07) is 21.4. The molecule has 0 aliphatic carbocycles. The van der Waals surface area contributed by atoms with Crippen LogP contribution in [0.5, 0.6) is 11.5 Å². The van der Waals surface area contributed by atoms with Crippen molar-refractivity contribution in [1.82, 2.24) is 9.29 Å². The zero-order chi connectivity index (χ0) is 24.1. The van der Waals surface area contributed by atoms with Gasteiger partial charge in [0.15, 0.2) is 5.75 Å². The molecule has 3 aromatic carbocycles. The van der Waals surface area contributed by atoms with Gasteiger partial charge in [0.2, 0.25) is 15.9 Å². The van der Waals surface area contributed by atoms with Crippen LogP contribution in [0, 0.1) is 0 Å². The molecular weight excluding hydrogens is 450 g/mol. The summed E-state index contributed by atoms with van der Waals surface area (Å²) in [5.74, 6) is 0.658. The van der Waals surface area contributed by atoms with E-state index in [0.29, 0.717) is 30.3 Å². The van der Waals surface area contributed by atoms with Crippen LogP contribution < -0.4 is 10.1 Å². The van der Waals surface area contributed by atoms with E-state index in [9.17, 15) is 13.2 Å². The molecule has 0 saturated carbocycles. The van der Waals surface area contributed by atoms with E-state index in [2.05, 4.69) is 10.3 Å². The third-order valence-electron chi connectivity index (χ3n) is 5.57. The molecule has 0 saturated heterocycles. The van der Waals surface area contributed by atoms with Gasteiger partial charge in [0.25, 0.3) is 0 Å². The number of ether oxygens (including phenoxy) is 1. The molecule has 0 spiro atoms. The predicted molar refractivity (Wildman–Crippen MR) is 134 cm³/mol. The average molecular weight is 478 g/mol. The van der Waals surface area contributed by atoms with E-state index in [1.807, 2.05) is 48.7 Å². The van der Waals surface area contributed by atoms with Crippen LogP contribution in [0.3, 0.4) is 0 Å². The highest BCUT2D eigenvalue weighted by Crippen LogP contribution is 2.33. The summed E-state index contributed by atoms with van der Waals surface area (Å²) in [4.78, 5) is 16.3.